The van der Waals surface area contributed by atoms with Gasteiger partial charge in [-0.15, -0.1) is 46.7 Å². The summed E-state index contributed by atoms with van der Waals surface area (Å²) >= 11 is 1.46. The minimum absolute atomic E-state index is 0. The summed E-state index contributed by atoms with van der Waals surface area (Å²) < 4.78 is 1.42. The van der Waals surface area contributed by atoms with Gasteiger partial charge in [-0.1, -0.05) is 69.0 Å². The zero-order valence-electron chi connectivity index (χ0n) is 24.6. The molecule has 5 aromatic carbocycles. The fraction of sp³-hybridized carbons (Fsp3) is 0.211. The summed E-state index contributed by atoms with van der Waals surface area (Å²) in [5, 5.41) is 5.54. The van der Waals surface area contributed by atoms with Gasteiger partial charge in [0.2, 0.25) is 0 Å². The second-order valence-corrected chi connectivity index (χ2v) is 11.4. The zero-order valence-corrected chi connectivity index (χ0v) is 28.6. The van der Waals surface area contributed by atoms with Crippen molar-refractivity contribution in [3.05, 3.63) is 149 Å². The first-order chi connectivity index (χ1) is 18.9. The molecule has 3 heteroatoms. The Hall–Kier alpha value is -2.44. The zero-order chi connectivity index (χ0) is 27.8. The molecule has 210 valence electrons. The molecule has 0 aromatic heterocycles. The summed E-state index contributed by atoms with van der Waals surface area (Å²) in [6, 6.07) is 37.1. The first-order valence-corrected chi connectivity index (χ1v) is 15.2. The maximum absolute atomic E-state index is 3.22. The quantitative estimate of drug-likeness (QED) is 0.257. The Morgan fingerprint density at radius 2 is 1.15 bits per heavy atom. The second-order valence-electron chi connectivity index (χ2n) is 10.2. The van der Waals surface area contributed by atoms with Crippen LogP contribution in [0, 0.1) is 12.0 Å². The van der Waals surface area contributed by atoms with E-state index in [1.54, 1.807) is 0 Å². The first kappa shape index (κ1) is 34.8. The first-order valence-electron chi connectivity index (χ1n) is 14.0. The van der Waals surface area contributed by atoms with Gasteiger partial charge in [-0.3, -0.25) is 6.08 Å². The van der Waals surface area contributed by atoms with Crippen LogP contribution < -0.4 is 24.8 Å². The normalized spacial score (nSPS) is 13.5. The van der Waals surface area contributed by atoms with Gasteiger partial charge >= 0.3 is 99.2 Å². The van der Waals surface area contributed by atoms with Crippen molar-refractivity contribution in [2.24, 2.45) is 5.92 Å². The van der Waals surface area contributed by atoms with Gasteiger partial charge in [0.1, 0.15) is 0 Å². The monoisotopic (exact) mass is 654 g/mol. The molecule has 0 saturated carbocycles. The van der Waals surface area contributed by atoms with Crippen LogP contribution in [0.3, 0.4) is 0 Å². The second kappa shape index (κ2) is 16.9. The van der Waals surface area contributed by atoms with Crippen molar-refractivity contribution in [3.8, 4) is 0 Å². The third kappa shape index (κ3) is 9.02. The van der Waals surface area contributed by atoms with E-state index in [2.05, 4.69) is 150 Å². The fourth-order valence-electron chi connectivity index (χ4n) is 4.77. The van der Waals surface area contributed by atoms with Crippen LogP contribution in [0.2, 0.25) is 0 Å². The summed E-state index contributed by atoms with van der Waals surface area (Å²) in [6.07, 6.45) is 7.51. The van der Waals surface area contributed by atoms with Crippen molar-refractivity contribution < 1.29 is 49.0 Å². The predicted molar refractivity (Wildman–Crippen MR) is 167 cm³/mol. The minimum atomic E-state index is 0. The van der Waals surface area contributed by atoms with Gasteiger partial charge in [-0.25, -0.2) is 11.6 Å². The van der Waals surface area contributed by atoms with E-state index in [0.717, 1.165) is 12.8 Å². The SMILES string of the molecule is CC1=C(C)C(C)[C-]=C1.CCc1ccc2c(c1)[cH-]c1cc(CC)ccc12.[Cl-].[Cl-].[Zr+2]=[C](c1ccccc1)c1ccccc1. The van der Waals surface area contributed by atoms with E-state index < -0.39 is 0 Å². The molecule has 41 heavy (non-hydrogen) atoms. The van der Waals surface area contributed by atoms with Gasteiger partial charge in [-0.05, 0) is 12.8 Å². The molecule has 6 rings (SSSR count). The van der Waals surface area contributed by atoms with Crippen LogP contribution >= 0.6 is 0 Å². The Bertz CT molecular complexity index is 1510. The summed E-state index contributed by atoms with van der Waals surface area (Å²) in [7, 11) is 0. The number of rotatable bonds is 4. The number of benzene rings is 4. The average molecular weight is 657 g/mol. The Morgan fingerprint density at radius 1 is 0.707 bits per heavy atom. The van der Waals surface area contributed by atoms with E-state index in [-0.39, 0.29) is 24.8 Å². The number of aryl methyl sites for hydroxylation is 2. The Morgan fingerprint density at radius 3 is 1.46 bits per heavy atom. The van der Waals surface area contributed by atoms with Crippen LogP contribution in [0.1, 0.15) is 56.9 Å². The van der Waals surface area contributed by atoms with E-state index in [9.17, 15) is 0 Å². The van der Waals surface area contributed by atoms with Gasteiger partial charge in [0, 0.05) is 0 Å². The topological polar surface area (TPSA) is 0 Å². The number of halogens is 2. The van der Waals surface area contributed by atoms with Crippen molar-refractivity contribution in [2.75, 3.05) is 0 Å². The number of hydrogen-bond acceptors (Lipinski definition) is 0. The molecule has 1 unspecified atom stereocenters. The van der Waals surface area contributed by atoms with Crippen LogP contribution in [0.4, 0.5) is 0 Å². The summed E-state index contributed by atoms with van der Waals surface area (Å²) in [6.45, 7) is 10.9. The van der Waals surface area contributed by atoms with Gasteiger partial charge in [-0.2, -0.15) is 5.57 Å². The molecular formula is C38H38Cl2Zr-2. The van der Waals surface area contributed by atoms with Gasteiger partial charge in [0.05, 0.1) is 0 Å². The van der Waals surface area contributed by atoms with Crippen LogP contribution in [0.15, 0.2) is 120 Å². The number of hydrogen-bond donors (Lipinski definition) is 0. The van der Waals surface area contributed by atoms with E-state index in [0.29, 0.717) is 5.92 Å². The molecule has 0 spiro atoms. The molecule has 0 amide bonds. The van der Waals surface area contributed by atoms with Crippen molar-refractivity contribution in [1.82, 2.24) is 0 Å². The molecular weight excluding hydrogens is 619 g/mol. The van der Waals surface area contributed by atoms with Crippen LogP contribution in [0.25, 0.3) is 21.5 Å². The molecule has 0 N–H and O–H groups in total. The summed E-state index contributed by atoms with van der Waals surface area (Å²) in [5.74, 6) is 0.565. The standard InChI is InChI=1S/C17H17.C13H10.C8H11.2ClH.Zr/c1-3-12-5-7-16-14(9-12)11-15-10-13(4-2)6-8-17(15)16;1-3-7-12(8-4-1)11-13-9-5-2-6-10-13;1-6-4-5-7(2)8(6)3;;;/h5-11H,3-4H2,1-2H3;1-10H;4,7H,1-3H3;2*1H;/q-1;;-1;;;+2/p-2. The van der Waals surface area contributed by atoms with Gasteiger partial charge in [0.15, 0.2) is 0 Å². The Kier molecular flexibility index (Phi) is 14.3. The molecule has 0 fully saturated rings. The summed E-state index contributed by atoms with van der Waals surface area (Å²) in [5.41, 5.74) is 8.35. The molecule has 0 nitrogen and oxygen atoms in total. The molecule has 1 aliphatic carbocycles. The number of fused-ring (bicyclic) bond motifs is 3. The Labute approximate surface area is 274 Å². The molecule has 0 radical (unpaired) electrons. The van der Waals surface area contributed by atoms with Gasteiger partial charge < -0.3 is 24.8 Å². The van der Waals surface area contributed by atoms with Crippen molar-refractivity contribution in [2.45, 2.75) is 47.5 Å². The van der Waals surface area contributed by atoms with Crippen LogP contribution in [0.5, 0.6) is 0 Å². The summed E-state index contributed by atoms with van der Waals surface area (Å²) in [4.78, 5) is 0. The predicted octanol–water partition coefficient (Wildman–Crippen LogP) is 3.98. The van der Waals surface area contributed by atoms with Crippen LogP contribution in [-0.4, -0.2) is 3.21 Å². The molecule has 5 aromatic rings. The van der Waals surface area contributed by atoms with E-state index in [1.165, 1.54) is 82.4 Å². The van der Waals surface area contributed by atoms with Crippen molar-refractivity contribution in [3.63, 3.8) is 0 Å². The van der Waals surface area contributed by atoms with E-state index in [4.69, 9.17) is 0 Å². The molecule has 0 bridgehead atoms. The molecule has 0 aliphatic heterocycles. The Balaban J connectivity index is 0.000000223. The molecule has 0 heterocycles. The third-order valence-corrected chi connectivity index (χ3v) is 9.02. The van der Waals surface area contributed by atoms with Crippen molar-refractivity contribution >= 4 is 24.8 Å². The van der Waals surface area contributed by atoms with E-state index >= 15 is 0 Å². The third-order valence-electron chi connectivity index (χ3n) is 7.60. The molecule has 1 atom stereocenters. The average Bonchev–Trinajstić information content (AvgIpc) is 3.51. The number of allylic oxidation sites excluding steroid dienone is 4. The molecule has 1 aliphatic rings. The van der Waals surface area contributed by atoms with Gasteiger partial charge in [0.25, 0.3) is 0 Å². The fourth-order valence-corrected chi connectivity index (χ4v) is 5.59. The maximum atomic E-state index is 3.22. The van der Waals surface area contributed by atoms with Crippen molar-refractivity contribution in [1.29, 1.82) is 0 Å². The van der Waals surface area contributed by atoms with Crippen LogP contribution in [-0.2, 0) is 37.1 Å². The van der Waals surface area contributed by atoms with E-state index in [1.807, 2.05) is 0 Å². The molecule has 0 saturated heterocycles.